The Labute approximate surface area is 200 Å². The lowest BCUT2D eigenvalue weighted by molar-refractivity contribution is -0.147. The van der Waals surface area contributed by atoms with Crippen molar-refractivity contribution in [2.24, 2.45) is 0 Å². The van der Waals surface area contributed by atoms with Crippen molar-refractivity contribution in [1.82, 2.24) is 5.32 Å². The molecule has 0 aliphatic carbocycles. The van der Waals surface area contributed by atoms with E-state index in [0.29, 0.717) is 16.3 Å². The number of hydrogen-bond donors (Lipinski definition) is 2. The van der Waals surface area contributed by atoms with Crippen LogP contribution >= 0.6 is 11.6 Å². The molecule has 3 rings (SSSR count). The van der Waals surface area contributed by atoms with Crippen molar-refractivity contribution < 1.29 is 28.7 Å². The van der Waals surface area contributed by atoms with Crippen LogP contribution in [-0.4, -0.2) is 43.3 Å². The fraction of sp³-hybridized carbons (Fsp3) is 0.120. The number of anilines is 1. The molecule has 0 atom stereocenters. The van der Waals surface area contributed by atoms with E-state index in [2.05, 4.69) is 10.6 Å². The quantitative estimate of drug-likeness (QED) is 0.340. The maximum absolute atomic E-state index is 12.8. The van der Waals surface area contributed by atoms with Crippen LogP contribution in [0.25, 0.3) is 0 Å². The molecule has 0 saturated heterocycles. The van der Waals surface area contributed by atoms with Gasteiger partial charge in [-0.1, -0.05) is 60.1 Å². The Morgan fingerprint density at radius 3 is 2.18 bits per heavy atom. The minimum absolute atomic E-state index is 0.198. The predicted molar refractivity (Wildman–Crippen MR) is 126 cm³/mol. The van der Waals surface area contributed by atoms with Crippen LogP contribution < -0.4 is 15.4 Å². The molecule has 0 spiro atoms. The van der Waals surface area contributed by atoms with E-state index in [1.807, 2.05) is 6.07 Å². The summed E-state index contributed by atoms with van der Waals surface area (Å²) in [5.41, 5.74) is 0.855. The third kappa shape index (κ3) is 7.46. The number of ketones is 1. The van der Waals surface area contributed by atoms with E-state index in [-0.39, 0.29) is 23.6 Å². The smallest absolute Gasteiger partial charge is 0.325 e. The summed E-state index contributed by atoms with van der Waals surface area (Å²) in [5.74, 6) is -1.79. The lowest BCUT2D eigenvalue weighted by Gasteiger charge is -2.12. The topological polar surface area (TPSA) is 111 Å². The normalized spacial score (nSPS) is 10.1. The summed E-state index contributed by atoms with van der Waals surface area (Å²) in [6, 6.07) is 21.7. The van der Waals surface area contributed by atoms with Gasteiger partial charge >= 0.3 is 5.97 Å². The summed E-state index contributed by atoms with van der Waals surface area (Å²) in [4.78, 5) is 48.7. The monoisotopic (exact) mass is 480 g/mol. The summed E-state index contributed by atoms with van der Waals surface area (Å²) in [6.45, 7) is -1.30. The van der Waals surface area contributed by atoms with E-state index >= 15 is 0 Å². The van der Waals surface area contributed by atoms with Gasteiger partial charge in [0.2, 0.25) is 0 Å². The van der Waals surface area contributed by atoms with E-state index in [4.69, 9.17) is 21.1 Å². The van der Waals surface area contributed by atoms with Gasteiger partial charge in [-0.3, -0.25) is 19.2 Å². The maximum atomic E-state index is 12.8. The number of para-hydroxylation sites is 1. The fourth-order valence-electron chi connectivity index (χ4n) is 2.83. The molecule has 3 aromatic rings. The van der Waals surface area contributed by atoms with Gasteiger partial charge in [-0.2, -0.15) is 0 Å². The third-order valence-corrected chi connectivity index (χ3v) is 4.68. The SMILES string of the molecule is O=C(COc1ccccc1)NCC(=O)OCC(=O)Nc1ccc(Cl)cc1C(=O)c1ccccc1. The van der Waals surface area contributed by atoms with Gasteiger partial charge in [-0.05, 0) is 30.3 Å². The van der Waals surface area contributed by atoms with Crippen LogP contribution in [0.2, 0.25) is 5.02 Å². The number of amides is 2. The first-order valence-corrected chi connectivity index (χ1v) is 10.6. The van der Waals surface area contributed by atoms with E-state index in [1.54, 1.807) is 54.6 Å². The number of benzene rings is 3. The fourth-order valence-corrected chi connectivity index (χ4v) is 3.00. The van der Waals surface area contributed by atoms with Gasteiger partial charge in [0.1, 0.15) is 12.3 Å². The van der Waals surface area contributed by atoms with E-state index in [0.717, 1.165) is 0 Å². The summed E-state index contributed by atoms with van der Waals surface area (Å²) < 4.78 is 10.2. The largest absolute Gasteiger partial charge is 0.484 e. The van der Waals surface area contributed by atoms with Gasteiger partial charge < -0.3 is 20.1 Å². The number of nitrogens with one attached hydrogen (secondary N) is 2. The Morgan fingerprint density at radius 2 is 1.47 bits per heavy atom. The van der Waals surface area contributed by atoms with E-state index in [9.17, 15) is 19.2 Å². The zero-order valence-electron chi connectivity index (χ0n) is 18.0. The molecule has 0 aliphatic heterocycles. The highest BCUT2D eigenvalue weighted by atomic mass is 35.5. The molecule has 0 bridgehead atoms. The average Bonchev–Trinajstić information content (AvgIpc) is 2.86. The Kier molecular flexibility index (Phi) is 8.76. The highest BCUT2D eigenvalue weighted by molar-refractivity contribution is 6.31. The Balaban J connectivity index is 1.47. The van der Waals surface area contributed by atoms with Crippen LogP contribution in [0.1, 0.15) is 15.9 Å². The average molecular weight is 481 g/mol. The summed E-state index contributed by atoms with van der Waals surface area (Å²) in [7, 11) is 0. The minimum Gasteiger partial charge on any atom is -0.484 e. The highest BCUT2D eigenvalue weighted by Gasteiger charge is 2.17. The molecule has 0 aliphatic rings. The molecule has 34 heavy (non-hydrogen) atoms. The van der Waals surface area contributed by atoms with Crippen molar-refractivity contribution in [2.45, 2.75) is 0 Å². The summed E-state index contributed by atoms with van der Waals surface area (Å²) in [6.07, 6.45) is 0. The molecule has 0 unspecified atom stereocenters. The number of carbonyl (C=O) groups is 4. The molecule has 174 valence electrons. The number of hydrogen-bond acceptors (Lipinski definition) is 6. The standard InChI is InChI=1S/C25H21ClN2O6/c26-18-11-12-21(20(13-18)25(32)17-7-3-1-4-8-17)28-23(30)16-34-24(31)14-27-22(29)15-33-19-9-5-2-6-10-19/h1-13H,14-16H2,(H,27,29)(H,28,30). The summed E-state index contributed by atoms with van der Waals surface area (Å²) >= 11 is 6.03. The second-order valence-corrected chi connectivity index (χ2v) is 7.41. The van der Waals surface area contributed by atoms with Crippen LogP contribution in [0.4, 0.5) is 5.69 Å². The van der Waals surface area contributed by atoms with Crippen molar-refractivity contribution in [1.29, 1.82) is 0 Å². The Morgan fingerprint density at radius 1 is 0.794 bits per heavy atom. The van der Waals surface area contributed by atoms with Crippen LogP contribution in [0.15, 0.2) is 78.9 Å². The summed E-state index contributed by atoms with van der Waals surface area (Å²) in [5, 5.41) is 5.22. The van der Waals surface area contributed by atoms with Gasteiger partial charge in [0, 0.05) is 16.1 Å². The highest BCUT2D eigenvalue weighted by Crippen LogP contribution is 2.23. The van der Waals surface area contributed by atoms with Crippen LogP contribution in [0.3, 0.4) is 0 Å². The molecule has 0 aromatic heterocycles. The molecule has 9 heteroatoms. The van der Waals surface area contributed by atoms with Gasteiger partial charge in [-0.25, -0.2) is 0 Å². The molecule has 0 saturated carbocycles. The second kappa shape index (κ2) is 12.2. The lowest BCUT2D eigenvalue weighted by Crippen LogP contribution is -2.35. The molecule has 0 radical (unpaired) electrons. The van der Waals surface area contributed by atoms with Gasteiger partial charge in [0.25, 0.3) is 11.8 Å². The molecular formula is C25H21ClN2O6. The minimum atomic E-state index is -0.806. The molecular weight excluding hydrogens is 460 g/mol. The van der Waals surface area contributed by atoms with Crippen molar-refractivity contribution in [3.05, 3.63) is 95.0 Å². The first kappa shape index (κ1) is 24.5. The molecule has 0 fully saturated rings. The van der Waals surface area contributed by atoms with Crippen molar-refractivity contribution in [2.75, 3.05) is 25.1 Å². The van der Waals surface area contributed by atoms with E-state index < -0.39 is 30.9 Å². The van der Waals surface area contributed by atoms with E-state index in [1.165, 1.54) is 18.2 Å². The number of rotatable bonds is 10. The molecule has 2 N–H and O–H groups in total. The Bertz CT molecular complexity index is 1170. The van der Waals surface area contributed by atoms with Crippen molar-refractivity contribution in [3.63, 3.8) is 0 Å². The second-order valence-electron chi connectivity index (χ2n) is 6.97. The van der Waals surface area contributed by atoms with Crippen molar-refractivity contribution >= 4 is 40.9 Å². The maximum Gasteiger partial charge on any atom is 0.325 e. The van der Waals surface area contributed by atoms with Crippen LogP contribution in [-0.2, 0) is 19.1 Å². The number of ether oxygens (including phenoxy) is 2. The Hall–Kier alpha value is -4.17. The first-order chi connectivity index (χ1) is 16.4. The molecule has 8 nitrogen and oxygen atoms in total. The number of esters is 1. The lowest BCUT2D eigenvalue weighted by atomic mass is 10.0. The predicted octanol–water partition coefficient (Wildman–Crippen LogP) is 3.25. The molecule has 0 heterocycles. The number of halogens is 1. The van der Waals surface area contributed by atoms with Crippen molar-refractivity contribution in [3.8, 4) is 5.75 Å². The molecule has 3 aromatic carbocycles. The van der Waals surface area contributed by atoms with Gasteiger partial charge in [0.15, 0.2) is 19.0 Å². The molecule has 2 amide bonds. The third-order valence-electron chi connectivity index (χ3n) is 4.44. The zero-order valence-corrected chi connectivity index (χ0v) is 18.7. The number of carbonyl (C=O) groups excluding carboxylic acids is 4. The van der Waals surface area contributed by atoms with Crippen LogP contribution in [0.5, 0.6) is 5.75 Å². The first-order valence-electron chi connectivity index (χ1n) is 10.2. The van der Waals surface area contributed by atoms with Gasteiger partial charge in [-0.15, -0.1) is 0 Å². The zero-order chi connectivity index (χ0) is 24.3. The van der Waals surface area contributed by atoms with Crippen LogP contribution in [0, 0.1) is 0 Å². The van der Waals surface area contributed by atoms with Gasteiger partial charge in [0.05, 0.1) is 5.69 Å².